The molecule has 0 unspecified atom stereocenters. The monoisotopic (exact) mass is 367 g/mol. The molecule has 3 aromatic rings. The fraction of sp³-hybridized carbons (Fsp3) is 0.0625. The minimum atomic E-state index is -4.32. The van der Waals surface area contributed by atoms with Gasteiger partial charge >= 0.3 is 10.1 Å². The van der Waals surface area contributed by atoms with Gasteiger partial charge in [-0.2, -0.15) is 8.42 Å². The van der Waals surface area contributed by atoms with Crippen molar-refractivity contribution in [2.75, 3.05) is 0 Å². The van der Waals surface area contributed by atoms with Gasteiger partial charge in [-0.15, -0.1) is 11.3 Å². The second-order valence-corrected chi connectivity index (χ2v) is 7.37. The van der Waals surface area contributed by atoms with Crippen molar-refractivity contribution in [1.82, 2.24) is 4.98 Å². The van der Waals surface area contributed by atoms with E-state index in [0.717, 1.165) is 16.3 Å². The van der Waals surface area contributed by atoms with Crippen LogP contribution < -0.4 is 4.18 Å². The van der Waals surface area contributed by atoms with Crippen LogP contribution in [0, 0.1) is 18.6 Å². The normalized spacial score (nSPS) is 11.5. The predicted molar refractivity (Wildman–Crippen MR) is 86.5 cm³/mol. The molecule has 0 amide bonds. The molecule has 0 saturated carbocycles. The zero-order chi connectivity index (χ0) is 17.3. The number of hydrogen-bond donors (Lipinski definition) is 0. The van der Waals surface area contributed by atoms with Gasteiger partial charge in [-0.3, -0.25) is 0 Å². The molecule has 0 fully saturated rings. The van der Waals surface area contributed by atoms with E-state index >= 15 is 0 Å². The maximum atomic E-state index is 13.2. The van der Waals surface area contributed by atoms with E-state index in [1.54, 1.807) is 12.1 Å². The lowest BCUT2D eigenvalue weighted by Gasteiger charge is -2.08. The zero-order valence-electron chi connectivity index (χ0n) is 12.4. The second-order valence-electron chi connectivity index (χ2n) is 4.96. The molecule has 2 aromatic carbocycles. The van der Waals surface area contributed by atoms with Crippen LogP contribution in [0.5, 0.6) is 5.75 Å². The Hall–Kier alpha value is -2.32. The Kier molecular flexibility index (Phi) is 4.33. The molecule has 24 heavy (non-hydrogen) atoms. The first-order chi connectivity index (χ1) is 11.3. The first-order valence-corrected chi connectivity index (χ1v) is 9.05. The summed E-state index contributed by atoms with van der Waals surface area (Å²) in [5, 5.41) is 2.71. The van der Waals surface area contributed by atoms with Gasteiger partial charge in [0.25, 0.3) is 0 Å². The van der Waals surface area contributed by atoms with Gasteiger partial charge in [0.1, 0.15) is 27.3 Å². The number of aromatic nitrogens is 1. The Bertz CT molecular complexity index is 963. The Morgan fingerprint density at radius 3 is 2.21 bits per heavy atom. The van der Waals surface area contributed by atoms with Crippen molar-refractivity contribution in [2.24, 2.45) is 0 Å². The number of aryl methyl sites for hydroxylation is 1. The van der Waals surface area contributed by atoms with Crippen LogP contribution in [0.15, 0.2) is 52.7 Å². The van der Waals surface area contributed by atoms with Crippen LogP contribution in [0.4, 0.5) is 8.78 Å². The summed E-state index contributed by atoms with van der Waals surface area (Å²) in [6, 6.07) is 8.23. The summed E-state index contributed by atoms with van der Waals surface area (Å²) in [7, 11) is -4.32. The summed E-state index contributed by atoms with van der Waals surface area (Å²) in [6.45, 7) is 1.88. The molecule has 1 aromatic heterocycles. The molecular weight excluding hydrogens is 356 g/mol. The summed E-state index contributed by atoms with van der Waals surface area (Å²) in [5.41, 5.74) is 1.71. The first kappa shape index (κ1) is 16.5. The maximum Gasteiger partial charge on any atom is 0.339 e. The number of thiazole rings is 1. The van der Waals surface area contributed by atoms with Crippen molar-refractivity contribution in [3.8, 4) is 16.3 Å². The number of hydrogen-bond acceptors (Lipinski definition) is 5. The molecule has 0 radical (unpaired) electrons. The average molecular weight is 367 g/mol. The molecule has 8 heteroatoms. The van der Waals surface area contributed by atoms with E-state index in [2.05, 4.69) is 4.98 Å². The van der Waals surface area contributed by atoms with E-state index in [4.69, 9.17) is 4.18 Å². The third-order valence-corrected chi connectivity index (χ3v) is 5.29. The maximum absolute atomic E-state index is 13.2. The first-order valence-electron chi connectivity index (χ1n) is 6.77. The number of nitrogens with zero attached hydrogens (tertiary/aromatic N) is 1. The number of benzene rings is 2. The van der Waals surface area contributed by atoms with Crippen molar-refractivity contribution in [3.05, 3.63) is 65.2 Å². The van der Waals surface area contributed by atoms with E-state index in [9.17, 15) is 17.2 Å². The summed E-state index contributed by atoms with van der Waals surface area (Å²) >= 11 is 1.47. The van der Waals surface area contributed by atoms with E-state index in [0.29, 0.717) is 18.2 Å². The van der Waals surface area contributed by atoms with Crippen molar-refractivity contribution in [2.45, 2.75) is 11.8 Å². The smallest absolute Gasteiger partial charge is 0.339 e. The molecular formula is C16H11F2NO3S2. The SMILES string of the molecule is Cc1csc(-c2ccc(OS(=O)(=O)c3cc(F)cc(F)c3)cc2)n1. The third-order valence-electron chi connectivity index (χ3n) is 3.05. The molecule has 0 aliphatic carbocycles. The molecule has 1 heterocycles. The van der Waals surface area contributed by atoms with Gasteiger partial charge in [0.05, 0.1) is 0 Å². The average Bonchev–Trinajstić information content (AvgIpc) is 2.93. The third kappa shape index (κ3) is 3.60. The van der Waals surface area contributed by atoms with Crippen molar-refractivity contribution >= 4 is 21.5 Å². The van der Waals surface area contributed by atoms with Crippen LogP contribution >= 0.6 is 11.3 Å². The molecule has 124 valence electrons. The molecule has 0 aliphatic rings. The molecule has 0 bridgehead atoms. The topological polar surface area (TPSA) is 56.3 Å². The summed E-state index contributed by atoms with van der Waals surface area (Å²) in [4.78, 5) is 3.74. The highest BCUT2D eigenvalue weighted by atomic mass is 32.2. The van der Waals surface area contributed by atoms with E-state index < -0.39 is 26.6 Å². The standard InChI is InChI=1S/C16H11F2NO3S2/c1-10-9-23-16(19-10)11-2-4-14(5-3-11)22-24(20,21)15-7-12(17)6-13(18)8-15/h2-9H,1H3. The lowest BCUT2D eigenvalue weighted by Crippen LogP contribution is -2.10. The summed E-state index contributed by atoms with van der Waals surface area (Å²) in [5.74, 6) is -1.95. The van der Waals surface area contributed by atoms with Crippen molar-refractivity contribution in [3.63, 3.8) is 0 Å². The van der Waals surface area contributed by atoms with Gasteiger partial charge in [-0.1, -0.05) is 0 Å². The lowest BCUT2D eigenvalue weighted by atomic mass is 10.2. The van der Waals surface area contributed by atoms with Gasteiger partial charge in [-0.05, 0) is 43.3 Å². The van der Waals surface area contributed by atoms with Crippen molar-refractivity contribution in [1.29, 1.82) is 0 Å². The Balaban J connectivity index is 1.85. The highest BCUT2D eigenvalue weighted by Gasteiger charge is 2.19. The molecule has 0 atom stereocenters. The highest BCUT2D eigenvalue weighted by molar-refractivity contribution is 7.87. The Labute approximate surface area is 141 Å². The van der Waals surface area contributed by atoms with Gasteiger partial charge < -0.3 is 4.18 Å². The number of halogens is 2. The van der Waals surface area contributed by atoms with Gasteiger partial charge in [0, 0.05) is 22.7 Å². The van der Waals surface area contributed by atoms with Gasteiger partial charge in [-0.25, -0.2) is 13.8 Å². The molecule has 0 N–H and O–H groups in total. The van der Waals surface area contributed by atoms with Crippen LogP contribution in [0.2, 0.25) is 0 Å². The van der Waals surface area contributed by atoms with Crippen LogP contribution in [0.1, 0.15) is 5.69 Å². The summed E-state index contributed by atoms with van der Waals surface area (Å²) in [6.07, 6.45) is 0. The van der Waals surface area contributed by atoms with Crippen LogP contribution in [-0.2, 0) is 10.1 Å². The Morgan fingerprint density at radius 1 is 1.04 bits per heavy atom. The molecule has 3 rings (SSSR count). The minimum Gasteiger partial charge on any atom is -0.379 e. The fourth-order valence-electron chi connectivity index (χ4n) is 1.99. The quantitative estimate of drug-likeness (QED) is 0.650. The van der Waals surface area contributed by atoms with Gasteiger partial charge in [0.2, 0.25) is 0 Å². The van der Waals surface area contributed by atoms with Crippen LogP contribution in [0.3, 0.4) is 0 Å². The lowest BCUT2D eigenvalue weighted by molar-refractivity contribution is 0.482. The largest absolute Gasteiger partial charge is 0.379 e. The zero-order valence-corrected chi connectivity index (χ0v) is 14.0. The molecule has 0 spiro atoms. The molecule has 0 aliphatic heterocycles. The second kappa shape index (κ2) is 6.29. The van der Waals surface area contributed by atoms with Crippen molar-refractivity contribution < 1.29 is 21.4 Å². The van der Waals surface area contributed by atoms with E-state index in [1.807, 2.05) is 12.3 Å². The van der Waals surface area contributed by atoms with E-state index in [1.165, 1.54) is 23.5 Å². The highest BCUT2D eigenvalue weighted by Crippen LogP contribution is 2.27. The van der Waals surface area contributed by atoms with E-state index in [-0.39, 0.29) is 5.75 Å². The predicted octanol–water partition coefficient (Wildman–Crippen LogP) is 4.16. The van der Waals surface area contributed by atoms with Crippen LogP contribution in [-0.4, -0.2) is 13.4 Å². The van der Waals surface area contributed by atoms with Crippen LogP contribution in [0.25, 0.3) is 10.6 Å². The minimum absolute atomic E-state index is 0.0386. The molecule has 0 saturated heterocycles. The fourth-order valence-corrected chi connectivity index (χ4v) is 3.77. The number of rotatable bonds is 4. The van der Waals surface area contributed by atoms with Gasteiger partial charge in [0.15, 0.2) is 0 Å². The molecule has 4 nitrogen and oxygen atoms in total. The Morgan fingerprint density at radius 2 is 1.67 bits per heavy atom. The summed E-state index contributed by atoms with van der Waals surface area (Å²) < 4.78 is 55.5.